The molecule has 1 amide bonds. The number of hydrogen-bond acceptors (Lipinski definition) is 4. The van der Waals surface area contributed by atoms with Crippen LogP contribution < -0.4 is 10.2 Å². The van der Waals surface area contributed by atoms with Gasteiger partial charge in [-0.3, -0.25) is 4.79 Å². The summed E-state index contributed by atoms with van der Waals surface area (Å²) in [5.41, 5.74) is 1.53. The summed E-state index contributed by atoms with van der Waals surface area (Å²) in [6.07, 6.45) is 8.56. The summed E-state index contributed by atoms with van der Waals surface area (Å²) >= 11 is 0. The van der Waals surface area contributed by atoms with Crippen LogP contribution in [0.4, 0.5) is 5.82 Å². The van der Waals surface area contributed by atoms with E-state index in [1.165, 1.54) is 31.8 Å². The van der Waals surface area contributed by atoms with Crippen molar-refractivity contribution in [1.82, 2.24) is 10.3 Å². The van der Waals surface area contributed by atoms with E-state index in [4.69, 9.17) is 4.42 Å². The molecule has 5 nitrogen and oxygen atoms in total. The highest BCUT2D eigenvalue weighted by Gasteiger charge is 2.12. The van der Waals surface area contributed by atoms with Gasteiger partial charge < -0.3 is 14.6 Å². The number of anilines is 1. The lowest BCUT2D eigenvalue weighted by Crippen LogP contribution is -2.30. The second-order valence-corrected chi connectivity index (χ2v) is 5.27. The predicted molar refractivity (Wildman–Crippen MR) is 80.2 cm³/mol. The number of nitrogens with one attached hydrogen (secondary N) is 1. The number of hydrogen-bond donors (Lipinski definition) is 1. The van der Waals surface area contributed by atoms with Crippen molar-refractivity contribution in [1.29, 1.82) is 0 Å². The molecule has 0 atom stereocenters. The Kier molecular flexibility index (Phi) is 4.19. The van der Waals surface area contributed by atoms with E-state index in [2.05, 4.69) is 15.2 Å². The molecule has 0 spiro atoms. The summed E-state index contributed by atoms with van der Waals surface area (Å²) in [6, 6.07) is 5.70. The quantitative estimate of drug-likeness (QED) is 0.938. The van der Waals surface area contributed by atoms with Crippen LogP contribution in [0.3, 0.4) is 0 Å². The van der Waals surface area contributed by atoms with Gasteiger partial charge in [-0.2, -0.15) is 0 Å². The lowest BCUT2D eigenvalue weighted by molar-refractivity contribution is 0.0950. The number of pyridine rings is 1. The third-order valence-corrected chi connectivity index (χ3v) is 3.73. The smallest absolute Gasteiger partial charge is 0.254 e. The normalized spacial score (nSPS) is 15.0. The van der Waals surface area contributed by atoms with Crippen LogP contribution in [-0.2, 0) is 6.54 Å². The van der Waals surface area contributed by atoms with Gasteiger partial charge in [-0.05, 0) is 37.0 Å². The van der Waals surface area contributed by atoms with Crippen molar-refractivity contribution in [2.75, 3.05) is 18.0 Å². The van der Waals surface area contributed by atoms with Crippen molar-refractivity contribution >= 4 is 11.7 Å². The van der Waals surface area contributed by atoms with Crippen molar-refractivity contribution in [2.24, 2.45) is 0 Å². The van der Waals surface area contributed by atoms with Crippen LogP contribution in [0, 0.1) is 0 Å². The summed E-state index contributed by atoms with van der Waals surface area (Å²) in [6.45, 7) is 2.64. The highest BCUT2D eigenvalue weighted by molar-refractivity contribution is 5.93. The third-order valence-electron chi connectivity index (χ3n) is 3.73. The minimum atomic E-state index is -0.135. The summed E-state index contributed by atoms with van der Waals surface area (Å²) in [4.78, 5) is 18.6. The maximum atomic E-state index is 11.8. The molecule has 0 radical (unpaired) electrons. The molecule has 2 aromatic rings. The molecule has 1 N–H and O–H groups in total. The summed E-state index contributed by atoms with van der Waals surface area (Å²) in [5, 5.41) is 2.85. The van der Waals surface area contributed by atoms with Crippen molar-refractivity contribution in [2.45, 2.75) is 25.8 Å². The molecule has 0 unspecified atom stereocenters. The Hall–Kier alpha value is -2.30. The van der Waals surface area contributed by atoms with E-state index in [0.717, 1.165) is 24.5 Å². The number of carbonyl (C=O) groups is 1. The van der Waals surface area contributed by atoms with Crippen molar-refractivity contribution in [3.05, 3.63) is 48.0 Å². The Morgan fingerprint density at radius 2 is 2.10 bits per heavy atom. The number of carbonyl (C=O) groups excluding carboxylic acids is 1. The fraction of sp³-hybridized carbons (Fsp3) is 0.375. The average Bonchev–Trinajstić information content (AvgIpc) is 3.08. The zero-order valence-corrected chi connectivity index (χ0v) is 11.9. The highest BCUT2D eigenvalue weighted by atomic mass is 16.3. The number of furan rings is 1. The molecule has 3 rings (SSSR count). The van der Waals surface area contributed by atoms with Gasteiger partial charge in [0.05, 0.1) is 11.8 Å². The van der Waals surface area contributed by atoms with Gasteiger partial charge in [0.2, 0.25) is 0 Å². The molecule has 0 aliphatic carbocycles. The minimum Gasteiger partial charge on any atom is -0.472 e. The van der Waals surface area contributed by atoms with Gasteiger partial charge in [0.25, 0.3) is 5.91 Å². The molecule has 0 saturated carbocycles. The maximum absolute atomic E-state index is 11.8. The van der Waals surface area contributed by atoms with E-state index in [1.54, 1.807) is 6.07 Å². The van der Waals surface area contributed by atoms with Crippen LogP contribution in [-0.4, -0.2) is 24.0 Å². The lowest BCUT2D eigenvalue weighted by atomic mass is 10.1. The number of rotatable bonds is 4. The molecule has 5 heteroatoms. The van der Waals surface area contributed by atoms with Gasteiger partial charge in [0, 0.05) is 25.8 Å². The van der Waals surface area contributed by atoms with E-state index >= 15 is 0 Å². The number of piperidine rings is 1. The van der Waals surface area contributed by atoms with Crippen molar-refractivity contribution in [3.63, 3.8) is 0 Å². The first-order chi connectivity index (χ1) is 10.3. The zero-order valence-electron chi connectivity index (χ0n) is 11.9. The largest absolute Gasteiger partial charge is 0.472 e. The second kappa shape index (κ2) is 6.43. The van der Waals surface area contributed by atoms with Gasteiger partial charge in [-0.1, -0.05) is 6.07 Å². The molecular formula is C16H19N3O2. The SMILES string of the molecule is O=C(NCc1ccc(N2CCCCC2)nc1)c1ccoc1. The van der Waals surface area contributed by atoms with Gasteiger partial charge in [0.1, 0.15) is 12.1 Å². The topological polar surface area (TPSA) is 58.4 Å². The van der Waals surface area contributed by atoms with Crippen LogP contribution in [0.2, 0.25) is 0 Å². The fourth-order valence-corrected chi connectivity index (χ4v) is 2.51. The summed E-state index contributed by atoms with van der Waals surface area (Å²) < 4.78 is 4.89. The maximum Gasteiger partial charge on any atom is 0.254 e. The highest BCUT2D eigenvalue weighted by Crippen LogP contribution is 2.17. The van der Waals surface area contributed by atoms with Gasteiger partial charge in [0.15, 0.2) is 0 Å². The van der Waals surface area contributed by atoms with E-state index < -0.39 is 0 Å². The molecule has 1 aliphatic rings. The molecule has 0 bridgehead atoms. The Balaban J connectivity index is 1.55. The lowest BCUT2D eigenvalue weighted by Gasteiger charge is -2.27. The van der Waals surface area contributed by atoms with Gasteiger partial charge in [-0.15, -0.1) is 0 Å². The van der Waals surface area contributed by atoms with Crippen molar-refractivity contribution in [3.8, 4) is 0 Å². The zero-order chi connectivity index (χ0) is 14.5. The van der Waals surface area contributed by atoms with Crippen LogP contribution in [0.25, 0.3) is 0 Å². The Morgan fingerprint density at radius 1 is 1.24 bits per heavy atom. The number of nitrogens with zero attached hydrogens (tertiary/aromatic N) is 2. The molecule has 3 heterocycles. The van der Waals surface area contributed by atoms with Crippen LogP contribution in [0.1, 0.15) is 35.2 Å². The molecule has 0 aromatic carbocycles. The van der Waals surface area contributed by atoms with Gasteiger partial charge >= 0.3 is 0 Å². The molecule has 2 aromatic heterocycles. The van der Waals surface area contributed by atoms with E-state index in [-0.39, 0.29) is 5.91 Å². The molecule has 21 heavy (non-hydrogen) atoms. The first-order valence-electron chi connectivity index (χ1n) is 7.33. The number of aromatic nitrogens is 1. The van der Waals surface area contributed by atoms with Crippen molar-refractivity contribution < 1.29 is 9.21 Å². The standard InChI is InChI=1S/C16H19N3O2/c20-16(14-6-9-21-12-14)18-11-13-4-5-15(17-10-13)19-7-2-1-3-8-19/h4-6,9-10,12H,1-3,7-8,11H2,(H,18,20). The van der Waals surface area contributed by atoms with Crippen LogP contribution in [0.15, 0.2) is 41.3 Å². The van der Waals surface area contributed by atoms with Crippen LogP contribution >= 0.6 is 0 Å². The van der Waals surface area contributed by atoms with Gasteiger partial charge in [-0.25, -0.2) is 4.98 Å². The van der Waals surface area contributed by atoms with E-state index in [0.29, 0.717) is 12.1 Å². The Bertz CT molecular complexity index is 572. The second-order valence-electron chi connectivity index (χ2n) is 5.27. The Morgan fingerprint density at radius 3 is 2.76 bits per heavy atom. The molecule has 1 saturated heterocycles. The predicted octanol–water partition coefficient (Wildman–Crippen LogP) is 2.59. The first-order valence-corrected chi connectivity index (χ1v) is 7.33. The Labute approximate surface area is 124 Å². The fourth-order valence-electron chi connectivity index (χ4n) is 2.51. The monoisotopic (exact) mass is 285 g/mol. The minimum absolute atomic E-state index is 0.135. The molecule has 1 fully saturated rings. The summed E-state index contributed by atoms with van der Waals surface area (Å²) in [7, 11) is 0. The summed E-state index contributed by atoms with van der Waals surface area (Å²) in [5.74, 6) is 0.892. The first kappa shape index (κ1) is 13.7. The molecule has 1 aliphatic heterocycles. The van der Waals surface area contributed by atoms with E-state index in [1.807, 2.05) is 18.3 Å². The van der Waals surface area contributed by atoms with E-state index in [9.17, 15) is 4.79 Å². The van der Waals surface area contributed by atoms with Crippen LogP contribution in [0.5, 0.6) is 0 Å². The molecular weight excluding hydrogens is 266 g/mol. The third kappa shape index (κ3) is 3.42. The molecule has 110 valence electrons. The number of amides is 1. The average molecular weight is 285 g/mol.